The van der Waals surface area contributed by atoms with Crippen molar-refractivity contribution in [3.05, 3.63) is 137 Å². The van der Waals surface area contributed by atoms with Crippen molar-refractivity contribution in [2.75, 3.05) is 67.3 Å². The van der Waals surface area contributed by atoms with E-state index in [9.17, 15) is 23.6 Å². The van der Waals surface area contributed by atoms with E-state index in [1.54, 1.807) is 48.3 Å². The first-order chi connectivity index (χ1) is 32.9. The Kier molecular flexibility index (Phi) is 17.4. The van der Waals surface area contributed by atoms with Crippen LogP contribution in [0.5, 0.6) is 0 Å². The molecule has 12 nitrogen and oxygen atoms in total. The number of benzene rings is 5. The lowest BCUT2D eigenvalue weighted by Crippen LogP contribution is -2.44. The quantitative estimate of drug-likeness (QED) is 0.0534. The zero-order valence-electron chi connectivity index (χ0n) is 39.7. The smallest absolute Gasteiger partial charge is 0.274 e. The van der Waals surface area contributed by atoms with Crippen LogP contribution in [0, 0.1) is 17.0 Å². The van der Waals surface area contributed by atoms with Crippen molar-refractivity contribution < 1.29 is 28.0 Å². The Morgan fingerprint density at radius 1 is 0.853 bits per heavy atom. The van der Waals surface area contributed by atoms with Gasteiger partial charge in [0, 0.05) is 88.0 Å². The Labute approximate surface area is 398 Å². The minimum absolute atomic E-state index is 0.0695. The van der Waals surface area contributed by atoms with E-state index in [2.05, 4.69) is 33.5 Å². The molecular weight excluding hydrogens is 863 g/mol. The number of piperidine rings is 1. The summed E-state index contributed by atoms with van der Waals surface area (Å²) in [5.41, 5.74) is 7.66. The third kappa shape index (κ3) is 11.8. The van der Waals surface area contributed by atoms with Crippen LogP contribution in [-0.2, 0) is 25.6 Å². The van der Waals surface area contributed by atoms with E-state index in [0.29, 0.717) is 54.0 Å². The van der Waals surface area contributed by atoms with Gasteiger partial charge in [-0.3, -0.25) is 29.9 Å². The molecule has 0 spiro atoms. The number of carbonyl (C=O) groups excluding carboxylic acids is 4. The number of amides is 4. The normalized spacial score (nSPS) is 15.9. The van der Waals surface area contributed by atoms with E-state index >= 15 is 4.39 Å². The Hall–Kier alpha value is -7.19. The van der Waals surface area contributed by atoms with Gasteiger partial charge in [0.05, 0.1) is 17.2 Å². The van der Waals surface area contributed by atoms with Gasteiger partial charge in [0.15, 0.2) is 0 Å². The minimum Gasteiger partial charge on any atom is -0.392 e. The molecule has 1 atom stereocenters. The summed E-state index contributed by atoms with van der Waals surface area (Å²) >= 11 is 0. The molecular formula is C54H62F2N8O4. The van der Waals surface area contributed by atoms with Gasteiger partial charge in [0.25, 0.3) is 5.91 Å². The number of nitrogens with one attached hydrogen (secondary N) is 6. The first-order valence-corrected chi connectivity index (χ1v) is 23.4. The van der Waals surface area contributed by atoms with Crippen LogP contribution in [0.25, 0.3) is 28.3 Å². The molecule has 68 heavy (non-hydrogen) atoms. The summed E-state index contributed by atoms with van der Waals surface area (Å²) in [6.07, 6.45) is 4.87. The van der Waals surface area contributed by atoms with Gasteiger partial charge in [-0.05, 0) is 114 Å². The topological polar surface area (TPSA) is 159 Å². The maximum absolute atomic E-state index is 16.6. The van der Waals surface area contributed by atoms with Crippen LogP contribution in [0.4, 0.5) is 31.5 Å². The summed E-state index contributed by atoms with van der Waals surface area (Å²) < 4.78 is 31.0. The van der Waals surface area contributed by atoms with Gasteiger partial charge in [-0.2, -0.15) is 0 Å². The summed E-state index contributed by atoms with van der Waals surface area (Å²) in [6.45, 7) is 11.9. The highest BCUT2D eigenvalue weighted by atomic mass is 19.1. The Morgan fingerprint density at radius 3 is 2.24 bits per heavy atom. The molecule has 4 amide bonds. The van der Waals surface area contributed by atoms with E-state index < -0.39 is 23.4 Å². The first kappa shape index (κ1) is 50.2. The highest BCUT2D eigenvalue weighted by Crippen LogP contribution is 2.40. The summed E-state index contributed by atoms with van der Waals surface area (Å²) in [5, 5.41) is 23.1. The van der Waals surface area contributed by atoms with Gasteiger partial charge >= 0.3 is 0 Å². The molecule has 1 unspecified atom stereocenters. The highest BCUT2D eigenvalue weighted by Gasteiger charge is 2.30. The minimum atomic E-state index is -0.729. The third-order valence-corrected chi connectivity index (χ3v) is 12.2. The number of anilines is 4. The zero-order chi connectivity index (χ0) is 48.9. The molecule has 0 bridgehead atoms. The highest BCUT2D eigenvalue weighted by molar-refractivity contribution is 6.48. The van der Waals surface area contributed by atoms with Crippen LogP contribution in [0.1, 0.15) is 81.5 Å². The summed E-state index contributed by atoms with van der Waals surface area (Å²) in [7, 11) is 3.46. The lowest BCUT2D eigenvalue weighted by atomic mass is 9.90. The molecule has 0 aliphatic carbocycles. The fraction of sp³-hybridized carbons (Fsp3) is 0.315. The molecule has 3 aliphatic rings. The average molecular weight is 925 g/mol. The molecule has 0 aromatic heterocycles. The van der Waals surface area contributed by atoms with Gasteiger partial charge in [0.1, 0.15) is 17.3 Å². The number of imide groups is 1. The monoisotopic (exact) mass is 924 g/mol. The number of carbonyl (C=O) groups is 4. The molecule has 8 rings (SSSR count). The van der Waals surface area contributed by atoms with Crippen molar-refractivity contribution in [2.24, 2.45) is 0 Å². The molecule has 6 N–H and O–H groups in total. The molecule has 14 heteroatoms. The average Bonchev–Trinajstić information content (AvgIpc) is 3.80. The fourth-order valence-corrected chi connectivity index (χ4v) is 8.50. The number of nitrogens with zero attached hydrogens (tertiary/aromatic N) is 2. The lowest BCUT2D eigenvalue weighted by molar-refractivity contribution is -0.134. The Balaban J connectivity index is 0.000000275. The SMILES string of the molecule is CC.CCc1ccc(-c2cc(N3CCCC3=O)ccc2-c2ccc(NC)c(C(=N)C(=O)Nc3cccc(C=C(C)NC)c3)c2F)cc1.O=C1CCC(c2ccc(N3CCNCC3)c(F)c2)C(=O)N1. The predicted octanol–water partition coefficient (Wildman–Crippen LogP) is 9.26. The summed E-state index contributed by atoms with van der Waals surface area (Å²) in [6, 6.07) is 29.2. The number of hydrogen-bond acceptors (Lipinski definition) is 9. The third-order valence-electron chi connectivity index (χ3n) is 12.2. The van der Waals surface area contributed by atoms with E-state index in [-0.39, 0.29) is 34.7 Å². The van der Waals surface area contributed by atoms with Crippen molar-refractivity contribution in [3.63, 3.8) is 0 Å². The van der Waals surface area contributed by atoms with Gasteiger partial charge < -0.3 is 31.1 Å². The van der Waals surface area contributed by atoms with Crippen LogP contribution >= 0.6 is 0 Å². The maximum atomic E-state index is 16.6. The number of aryl methyl sites for hydroxylation is 1. The first-order valence-electron chi connectivity index (χ1n) is 23.4. The van der Waals surface area contributed by atoms with Gasteiger partial charge in [-0.15, -0.1) is 0 Å². The van der Waals surface area contributed by atoms with Crippen LogP contribution in [-0.4, -0.2) is 76.2 Å². The molecule has 0 radical (unpaired) electrons. The molecule has 3 saturated heterocycles. The van der Waals surface area contributed by atoms with E-state index in [1.807, 2.05) is 93.4 Å². The predicted molar refractivity (Wildman–Crippen MR) is 270 cm³/mol. The number of hydrogen-bond donors (Lipinski definition) is 6. The van der Waals surface area contributed by atoms with Gasteiger partial charge in [0.2, 0.25) is 17.7 Å². The van der Waals surface area contributed by atoms with Crippen molar-refractivity contribution in [2.45, 2.75) is 65.7 Å². The van der Waals surface area contributed by atoms with E-state index in [1.165, 1.54) is 11.6 Å². The molecule has 0 saturated carbocycles. The van der Waals surface area contributed by atoms with E-state index in [0.717, 1.165) is 67.1 Å². The van der Waals surface area contributed by atoms with Crippen molar-refractivity contribution in [3.8, 4) is 22.3 Å². The summed E-state index contributed by atoms with van der Waals surface area (Å²) in [5.74, 6) is -2.67. The zero-order valence-corrected chi connectivity index (χ0v) is 39.7. The Morgan fingerprint density at radius 2 is 1.59 bits per heavy atom. The van der Waals surface area contributed by atoms with Crippen LogP contribution < -0.4 is 36.4 Å². The molecule has 3 heterocycles. The molecule has 356 valence electrons. The largest absolute Gasteiger partial charge is 0.392 e. The molecule has 5 aromatic carbocycles. The Bertz CT molecular complexity index is 2680. The molecule has 3 fully saturated rings. The standard InChI is InChI=1S/C37H38FN5O2.C15H18FN3O2.C2H6/c1-5-24-11-13-26(14-12-24)31-22-28(43-19-7-10-33(43)44)15-16-29(31)30-17-18-32(41-4)34(35(30)38)36(39)37(45)42-27-9-6-8-25(21-27)20-23(2)40-3;16-12-9-10(11-2-4-14(20)18-15(11)21)1-3-13(12)19-7-5-17-6-8-19;1-2/h6,8-9,11-18,20-22,39-41H,5,7,10,19H2,1-4H3,(H,42,45);1,3,9,11,17H,2,4-8H2,(H,18,20,21);1-2H3. The van der Waals surface area contributed by atoms with Crippen LogP contribution in [0.2, 0.25) is 0 Å². The van der Waals surface area contributed by atoms with E-state index in [4.69, 9.17) is 5.41 Å². The van der Waals surface area contributed by atoms with Crippen molar-refractivity contribution in [1.29, 1.82) is 5.41 Å². The number of allylic oxidation sites excluding steroid dienone is 1. The molecule has 3 aliphatic heterocycles. The number of rotatable bonds is 12. The summed E-state index contributed by atoms with van der Waals surface area (Å²) in [4.78, 5) is 52.7. The van der Waals surface area contributed by atoms with Gasteiger partial charge in [-0.25, -0.2) is 8.78 Å². The van der Waals surface area contributed by atoms with Gasteiger partial charge in [-0.1, -0.05) is 69.3 Å². The maximum Gasteiger partial charge on any atom is 0.274 e. The number of piperazine rings is 1. The fourth-order valence-electron chi connectivity index (χ4n) is 8.50. The van der Waals surface area contributed by atoms with Crippen molar-refractivity contribution in [1.82, 2.24) is 16.0 Å². The van der Waals surface area contributed by atoms with Crippen LogP contribution in [0.3, 0.4) is 0 Å². The van der Waals surface area contributed by atoms with Crippen molar-refractivity contribution >= 4 is 58.2 Å². The second kappa shape index (κ2) is 23.5. The second-order valence-corrected chi connectivity index (χ2v) is 16.5. The van der Waals surface area contributed by atoms with Crippen LogP contribution in [0.15, 0.2) is 103 Å². The lowest BCUT2D eigenvalue weighted by Gasteiger charge is -2.30. The second-order valence-electron chi connectivity index (χ2n) is 16.5. The molecule has 5 aromatic rings. The number of halogens is 2.